The van der Waals surface area contributed by atoms with Crippen LogP contribution in [0.1, 0.15) is 43.3 Å². The van der Waals surface area contributed by atoms with Gasteiger partial charge in [-0.3, -0.25) is 4.79 Å². The lowest BCUT2D eigenvalue weighted by molar-refractivity contribution is -0.121. The number of aromatic nitrogens is 2. The molecule has 4 rings (SSSR count). The van der Waals surface area contributed by atoms with E-state index in [1.807, 2.05) is 37.3 Å². The Kier molecular flexibility index (Phi) is 5.46. The number of fused-ring (bicyclic) bond motifs is 1. The predicted octanol–water partition coefficient (Wildman–Crippen LogP) is 3.84. The SMILES string of the molecule is CCc1ccc(-c2noc(CCC(=O)NC(C)c3ccc4c(c3)OCO4)n2)cc1. The Balaban J connectivity index is 1.31. The summed E-state index contributed by atoms with van der Waals surface area (Å²) in [6.07, 6.45) is 1.64. The van der Waals surface area contributed by atoms with E-state index in [9.17, 15) is 4.79 Å². The Labute approximate surface area is 169 Å². The summed E-state index contributed by atoms with van der Waals surface area (Å²) in [4.78, 5) is 16.7. The molecular formula is C22H23N3O4. The van der Waals surface area contributed by atoms with Gasteiger partial charge in [0.2, 0.25) is 24.4 Å². The second-order valence-electron chi connectivity index (χ2n) is 6.96. The fraction of sp³-hybridized carbons (Fsp3) is 0.318. The van der Waals surface area contributed by atoms with E-state index >= 15 is 0 Å². The van der Waals surface area contributed by atoms with Crippen LogP contribution in [0.2, 0.25) is 0 Å². The molecule has 0 fully saturated rings. The molecule has 1 atom stereocenters. The van der Waals surface area contributed by atoms with E-state index in [4.69, 9.17) is 14.0 Å². The molecular weight excluding hydrogens is 370 g/mol. The number of nitrogens with one attached hydrogen (secondary N) is 1. The van der Waals surface area contributed by atoms with E-state index in [0.29, 0.717) is 23.9 Å². The molecule has 150 valence electrons. The van der Waals surface area contributed by atoms with Gasteiger partial charge in [-0.2, -0.15) is 4.98 Å². The highest BCUT2D eigenvalue weighted by atomic mass is 16.7. The number of aryl methyl sites for hydroxylation is 2. The van der Waals surface area contributed by atoms with Gasteiger partial charge in [0.25, 0.3) is 0 Å². The van der Waals surface area contributed by atoms with E-state index in [1.54, 1.807) is 0 Å². The molecule has 1 aliphatic heterocycles. The Hall–Kier alpha value is -3.35. The zero-order valence-corrected chi connectivity index (χ0v) is 16.5. The van der Waals surface area contributed by atoms with Gasteiger partial charge >= 0.3 is 0 Å². The molecule has 7 heteroatoms. The summed E-state index contributed by atoms with van der Waals surface area (Å²) in [5.74, 6) is 2.34. The molecule has 0 saturated carbocycles. The molecule has 1 N–H and O–H groups in total. The highest BCUT2D eigenvalue weighted by Gasteiger charge is 2.17. The number of ether oxygens (including phenoxy) is 2. The lowest BCUT2D eigenvalue weighted by Gasteiger charge is -2.14. The number of nitrogens with zero attached hydrogens (tertiary/aromatic N) is 2. The Morgan fingerprint density at radius 3 is 2.72 bits per heavy atom. The smallest absolute Gasteiger partial charge is 0.231 e. The summed E-state index contributed by atoms with van der Waals surface area (Å²) in [5.41, 5.74) is 3.11. The quantitative estimate of drug-likeness (QED) is 0.656. The minimum atomic E-state index is -0.146. The van der Waals surface area contributed by atoms with Crippen LogP contribution in [-0.4, -0.2) is 22.8 Å². The first-order valence-corrected chi connectivity index (χ1v) is 9.73. The topological polar surface area (TPSA) is 86.5 Å². The number of benzene rings is 2. The van der Waals surface area contributed by atoms with Gasteiger partial charge in [-0.15, -0.1) is 0 Å². The minimum absolute atomic E-state index is 0.0813. The maximum Gasteiger partial charge on any atom is 0.231 e. The average Bonchev–Trinajstić information content (AvgIpc) is 3.41. The number of amides is 1. The molecule has 3 aromatic rings. The molecule has 0 aliphatic carbocycles. The number of carbonyl (C=O) groups is 1. The zero-order valence-electron chi connectivity index (χ0n) is 16.5. The summed E-state index contributed by atoms with van der Waals surface area (Å²) in [7, 11) is 0. The van der Waals surface area contributed by atoms with E-state index in [1.165, 1.54) is 5.56 Å². The summed E-state index contributed by atoms with van der Waals surface area (Å²) >= 11 is 0. The van der Waals surface area contributed by atoms with Crippen molar-refractivity contribution in [1.82, 2.24) is 15.5 Å². The summed E-state index contributed by atoms with van der Waals surface area (Å²) < 4.78 is 16.0. The fourth-order valence-electron chi connectivity index (χ4n) is 3.16. The highest BCUT2D eigenvalue weighted by molar-refractivity contribution is 5.76. The molecule has 1 amide bonds. The van der Waals surface area contributed by atoms with E-state index in [-0.39, 0.29) is 25.2 Å². The van der Waals surface area contributed by atoms with Crippen molar-refractivity contribution in [1.29, 1.82) is 0 Å². The largest absolute Gasteiger partial charge is 0.454 e. The van der Waals surface area contributed by atoms with Crippen LogP contribution in [-0.2, 0) is 17.6 Å². The van der Waals surface area contributed by atoms with Gasteiger partial charge in [-0.1, -0.05) is 42.4 Å². The maximum atomic E-state index is 12.3. The second-order valence-corrected chi connectivity index (χ2v) is 6.96. The van der Waals surface area contributed by atoms with Crippen molar-refractivity contribution in [3.05, 3.63) is 59.5 Å². The standard InChI is InChI=1S/C22H23N3O4/c1-3-15-4-6-16(7-5-15)22-24-21(29-25-22)11-10-20(26)23-14(2)17-8-9-18-19(12-17)28-13-27-18/h4-9,12,14H,3,10-11,13H2,1-2H3,(H,23,26). The van der Waals surface area contributed by atoms with Gasteiger partial charge in [0.1, 0.15) is 0 Å². The number of rotatable bonds is 7. The van der Waals surface area contributed by atoms with E-state index < -0.39 is 0 Å². The molecule has 2 aromatic carbocycles. The van der Waals surface area contributed by atoms with Crippen molar-refractivity contribution in [3.8, 4) is 22.9 Å². The number of hydrogen-bond donors (Lipinski definition) is 1. The van der Waals surface area contributed by atoms with Crippen LogP contribution >= 0.6 is 0 Å². The third-order valence-corrected chi connectivity index (χ3v) is 4.93. The highest BCUT2D eigenvalue weighted by Crippen LogP contribution is 2.34. The van der Waals surface area contributed by atoms with Crippen molar-refractivity contribution in [3.63, 3.8) is 0 Å². The van der Waals surface area contributed by atoms with Gasteiger partial charge in [-0.05, 0) is 36.6 Å². The van der Waals surface area contributed by atoms with Gasteiger partial charge in [0.15, 0.2) is 11.5 Å². The van der Waals surface area contributed by atoms with Crippen LogP contribution < -0.4 is 14.8 Å². The van der Waals surface area contributed by atoms with Crippen LogP contribution in [0.3, 0.4) is 0 Å². The second kappa shape index (κ2) is 8.34. The molecule has 29 heavy (non-hydrogen) atoms. The van der Waals surface area contributed by atoms with Crippen LogP contribution in [0.15, 0.2) is 47.0 Å². The fourth-order valence-corrected chi connectivity index (χ4v) is 3.16. The van der Waals surface area contributed by atoms with Crippen LogP contribution in [0.25, 0.3) is 11.4 Å². The Bertz CT molecular complexity index is 998. The van der Waals surface area contributed by atoms with Crippen LogP contribution in [0, 0.1) is 0 Å². The molecule has 1 unspecified atom stereocenters. The Morgan fingerprint density at radius 2 is 1.93 bits per heavy atom. The lowest BCUT2D eigenvalue weighted by atomic mass is 10.1. The molecule has 2 heterocycles. The molecule has 7 nitrogen and oxygen atoms in total. The number of hydrogen-bond acceptors (Lipinski definition) is 6. The van der Waals surface area contributed by atoms with Crippen molar-refractivity contribution in [2.75, 3.05) is 6.79 Å². The molecule has 0 spiro atoms. The third-order valence-electron chi connectivity index (χ3n) is 4.93. The zero-order chi connectivity index (χ0) is 20.2. The summed E-state index contributed by atoms with van der Waals surface area (Å²) in [6, 6.07) is 13.6. The molecule has 0 radical (unpaired) electrons. The molecule has 1 aliphatic rings. The average molecular weight is 393 g/mol. The lowest BCUT2D eigenvalue weighted by Crippen LogP contribution is -2.26. The third kappa shape index (κ3) is 4.39. The molecule has 1 aromatic heterocycles. The first-order chi connectivity index (χ1) is 14.1. The van der Waals surface area contributed by atoms with Crippen LogP contribution in [0.5, 0.6) is 11.5 Å². The van der Waals surface area contributed by atoms with E-state index in [0.717, 1.165) is 23.3 Å². The molecule has 0 saturated heterocycles. The normalized spacial score (nSPS) is 13.3. The monoisotopic (exact) mass is 393 g/mol. The predicted molar refractivity (Wildman–Crippen MR) is 107 cm³/mol. The number of carbonyl (C=O) groups excluding carboxylic acids is 1. The maximum absolute atomic E-state index is 12.3. The van der Waals surface area contributed by atoms with Crippen molar-refractivity contribution < 1.29 is 18.8 Å². The van der Waals surface area contributed by atoms with Gasteiger partial charge < -0.3 is 19.3 Å². The first kappa shape index (κ1) is 19.0. The summed E-state index contributed by atoms with van der Waals surface area (Å²) in [6.45, 7) is 4.27. The van der Waals surface area contributed by atoms with Crippen molar-refractivity contribution in [2.45, 2.75) is 39.2 Å². The minimum Gasteiger partial charge on any atom is -0.454 e. The van der Waals surface area contributed by atoms with Gasteiger partial charge in [0.05, 0.1) is 6.04 Å². The summed E-state index contributed by atoms with van der Waals surface area (Å²) in [5, 5.41) is 7.00. The first-order valence-electron chi connectivity index (χ1n) is 9.73. The van der Waals surface area contributed by atoms with E-state index in [2.05, 4.69) is 34.5 Å². The Morgan fingerprint density at radius 1 is 1.14 bits per heavy atom. The molecule has 0 bridgehead atoms. The van der Waals surface area contributed by atoms with Crippen molar-refractivity contribution in [2.24, 2.45) is 0 Å². The van der Waals surface area contributed by atoms with Crippen molar-refractivity contribution >= 4 is 5.91 Å². The van der Waals surface area contributed by atoms with Gasteiger partial charge in [-0.25, -0.2) is 0 Å². The van der Waals surface area contributed by atoms with Crippen LogP contribution in [0.4, 0.5) is 0 Å². The van der Waals surface area contributed by atoms with Gasteiger partial charge in [0, 0.05) is 18.4 Å².